The van der Waals surface area contributed by atoms with Gasteiger partial charge in [-0.3, -0.25) is 4.79 Å². The number of hydrogen-bond acceptors (Lipinski definition) is 3. The van der Waals surface area contributed by atoms with Crippen molar-refractivity contribution in [3.8, 4) is 0 Å². The molecule has 1 rings (SSSR count). The summed E-state index contributed by atoms with van der Waals surface area (Å²) in [6, 6.07) is 0. The maximum absolute atomic E-state index is 11.7. The van der Waals surface area contributed by atoms with E-state index in [4.69, 9.17) is 0 Å². The first-order chi connectivity index (χ1) is 7.06. The fourth-order valence-electron chi connectivity index (χ4n) is 1.06. The summed E-state index contributed by atoms with van der Waals surface area (Å²) in [5.41, 5.74) is 1.58. The van der Waals surface area contributed by atoms with E-state index >= 15 is 0 Å². The first-order valence-corrected chi connectivity index (χ1v) is 5.49. The topological polar surface area (TPSA) is 46.9 Å². The van der Waals surface area contributed by atoms with Gasteiger partial charge >= 0.3 is 0 Å². The van der Waals surface area contributed by atoms with E-state index in [1.165, 1.54) is 4.68 Å². The molecule has 1 N–H and O–H groups in total. The van der Waals surface area contributed by atoms with Crippen molar-refractivity contribution in [2.45, 2.75) is 20.4 Å². The van der Waals surface area contributed by atoms with E-state index < -0.39 is 0 Å². The molecule has 15 heavy (non-hydrogen) atoms. The minimum Gasteiger partial charge on any atom is -0.379 e. The van der Waals surface area contributed by atoms with Crippen LogP contribution in [-0.2, 0) is 6.54 Å². The number of nitrogens with one attached hydrogen (secondary N) is 1. The van der Waals surface area contributed by atoms with Gasteiger partial charge in [-0.05, 0) is 29.8 Å². The third kappa shape index (κ3) is 2.92. The highest BCUT2D eigenvalue weighted by Crippen LogP contribution is 2.15. The van der Waals surface area contributed by atoms with Gasteiger partial charge in [-0.25, -0.2) is 4.68 Å². The molecule has 5 heteroatoms. The first kappa shape index (κ1) is 12.0. The molecule has 0 saturated carbocycles. The van der Waals surface area contributed by atoms with Gasteiger partial charge in [0.25, 0.3) is 5.56 Å². The van der Waals surface area contributed by atoms with Crippen LogP contribution in [0.25, 0.3) is 0 Å². The highest BCUT2D eigenvalue weighted by atomic mass is 79.9. The van der Waals surface area contributed by atoms with Gasteiger partial charge in [0.15, 0.2) is 0 Å². The van der Waals surface area contributed by atoms with Crippen LogP contribution in [0.1, 0.15) is 13.8 Å². The number of aromatic nitrogens is 2. The van der Waals surface area contributed by atoms with Gasteiger partial charge in [-0.2, -0.15) is 5.10 Å². The first-order valence-electron chi connectivity index (χ1n) is 4.70. The molecular weight excluding hydrogens is 258 g/mol. The zero-order valence-electron chi connectivity index (χ0n) is 8.88. The molecule has 0 aromatic carbocycles. The Balaban J connectivity index is 2.97. The SMILES string of the molecule is C=C(C)CNc1cnn(CC)c(=O)c1Br. The molecule has 0 aliphatic rings. The molecule has 1 aromatic heterocycles. The predicted molar refractivity (Wildman–Crippen MR) is 65.2 cm³/mol. The van der Waals surface area contributed by atoms with Crippen LogP contribution in [0, 0.1) is 0 Å². The van der Waals surface area contributed by atoms with Crippen molar-refractivity contribution in [3.63, 3.8) is 0 Å². The smallest absolute Gasteiger partial charge is 0.283 e. The van der Waals surface area contributed by atoms with Crippen LogP contribution in [0.3, 0.4) is 0 Å². The van der Waals surface area contributed by atoms with Crippen molar-refractivity contribution in [3.05, 3.63) is 33.2 Å². The Labute approximate surface area is 97.1 Å². The second-order valence-electron chi connectivity index (χ2n) is 3.30. The van der Waals surface area contributed by atoms with Crippen LogP contribution in [0.15, 0.2) is 27.6 Å². The summed E-state index contributed by atoms with van der Waals surface area (Å²) in [6.45, 7) is 8.77. The van der Waals surface area contributed by atoms with E-state index in [0.717, 1.165) is 5.57 Å². The van der Waals surface area contributed by atoms with Crippen molar-refractivity contribution >= 4 is 21.6 Å². The Morgan fingerprint density at radius 2 is 2.40 bits per heavy atom. The van der Waals surface area contributed by atoms with Crippen molar-refractivity contribution in [2.24, 2.45) is 0 Å². The lowest BCUT2D eigenvalue weighted by Gasteiger charge is -2.08. The fourth-order valence-corrected chi connectivity index (χ4v) is 1.51. The molecule has 0 saturated heterocycles. The van der Waals surface area contributed by atoms with Gasteiger partial charge in [0.1, 0.15) is 4.47 Å². The van der Waals surface area contributed by atoms with Crippen LogP contribution >= 0.6 is 15.9 Å². The number of hydrogen-bond donors (Lipinski definition) is 1. The van der Waals surface area contributed by atoms with Crippen LogP contribution in [0.5, 0.6) is 0 Å². The highest BCUT2D eigenvalue weighted by molar-refractivity contribution is 9.10. The average molecular weight is 272 g/mol. The number of rotatable bonds is 4. The van der Waals surface area contributed by atoms with Gasteiger partial charge in [0.05, 0.1) is 11.9 Å². The summed E-state index contributed by atoms with van der Waals surface area (Å²) in [5, 5.41) is 7.10. The second-order valence-corrected chi connectivity index (χ2v) is 4.10. The molecule has 0 amide bonds. The van der Waals surface area contributed by atoms with Gasteiger partial charge in [0.2, 0.25) is 0 Å². The molecule has 4 nitrogen and oxygen atoms in total. The lowest BCUT2D eigenvalue weighted by atomic mass is 10.3. The van der Waals surface area contributed by atoms with Crippen molar-refractivity contribution in [2.75, 3.05) is 11.9 Å². The zero-order valence-corrected chi connectivity index (χ0v) is 10.5. The Kier molecular flexibility index (Phi) is 4.08. The molecule has 0 bridgehead atoms. The average Bonchev–Trinajstić information content (AvgIpc) is 2.20. The largest absolute Gasteiger partial charge is 0.379 e. The molecular formula is C10H14BrN3O. The van der Waals surface area contributed by atoms with Crippen molar-refractivity contribution in [1.82, 2.24) is 9.78 Å². The molecule has 0 aliphatic heterocycles. The molecule has 1 heterocycles. The van der Waals surface area contributed by atoms with Crippen LogP contribution in [-0.4, -0.2) is 16.3 Å². The molecule has 82 valence electrons. The Hall–Kier alpha value is -1.10. The third-order valence-electron chi connectivity index (χ3n) is 1.87. The summed E-state index contributed by atoms with van der Waals surface area (Å²) in [4.78, 5) is 11.7. The molecule has 0 radical (unpaired) electrons. The van der Waals surface area contributed by atoms with Gasteiger partial charge < -0.3 is 5.32 Å². The van der Waals surface area contributed by atoms with E-state index in [0.29, 0.717) is 23.2 Å². The standard InChI is InChI=1S/C10H14BrN3O/c1-4-14-10(15)9(11)8(6-13-14)12-5-7(2)3/h6,12H,2,4-5H2,1,3H3. The number of halogens is 1. The van der Waals surface area contributed by atoms with Gasteiger partial charge in [0, 0.05) is 13.1 Å². The van der Waals surface area contributed by atoms with E-state index in [-0.39, 0.29) is 5.56 Å². The van der Waals surface area contributed by atoms with Crippen LogP contribution < -0.4 is 10.9 Å². The normalized spacial score (nSPS) is 10.1. The molecule has 0 spiro atoms. The summed E-state index contributed by atoms with van der Waals surface area (Å²) >= 11 is 3.26. The number of aryl methyl sites for hydroxylation is 1. The second kappa shape index (κ2) is 5.11. The highest BCUT2D eigenvalue weighted by Gasteiger charge is 2.06. The Morgan fingerprint density at radius 1 is 1.73 bits per heavy atom. The quantitative estimate of drug-likeness (QED) is 0.853. The van der Waals surface area contributed by atoms with E-state index in [1.807, 2.05) is 13.8 Å². The molecule has 0 fully saturated rings. The lowest BCUT2D eigenvalue weighted by molar-refractivity contribution is 0.613. The van der Waals surface area contributed by atoms with E-state index in [2.05, 4.69) is 32.9 Å². The minimum absolute atomic E-state index is 0.121. The molecule has 0 unspecified atom stereocenters. The Bertz CT molecular complexity index is 425. The van der Waals surface area contributed by atoms with Gasteiger partial charge in [-0.1, -0.05) is 12.2 Å². The van der Waals surface area contributed by atoms with Crippen LogP contribution in [0.4, 0.5) is 5.69 Å². The maximum atomic E-state index is 11.7. The molecule has 0 aliphatic carbocycles. The molecule has 1 aromatic rings. The summed E-state index contributed by atoms with van der Waals surface area (Å²) in [7, 11) is 0. The van der Waals surface area contributed by atoms with Crippen LogP contribution in [0.2, 0.25) is 0 Å². The third-order valence-corrected chi connectivity index (χ3v) is 2.63. The van der Waals surface area contributed by atoms with Crippen molar-refractivity contribution in [1.29, 1.82) is 0 Å². The minimum atomic E-state index is -0.121. The van der Waals surface area contributed by atoms with E-state index in [9.17, 15) is 4.79 Å². The number of nitrogens with zero attached hydrogens (tertiary/aromatic N) is 2. The molecule has 0 atom stereocenters. The summed E-state index contributed by atoms with van der Waals surface area (Å²) in [5.74, 6) is 0. The summed E-state index contributed by atoms with van der Waals surface area (Å²) < 4.78 is 1.91. The van der Waals surface area contributed by atoms with Crippen molar-refractivity contribution < 1.29 is 0 Å². The van der Waals surface area contributed by atoms with Gasteiger partial charge in [-0.15, -0.1) is 0 Å². The monoisotopic (exact) mass is 271 g/mol. The predicted octanol–water partition coefficient (Wildman–Crippen LogP) is 2.01. The summed E-state index contributed by atoms with van der Waals surface area (Å²) in [6.07, 6.45) is 1.64. The Morgan fingerprint density at radius 3 is 2.93 bits per heavy atom. The lowest BCUT2D eigenvalue weighted by Crippen LogP contribution is -2.23. The van der Waals surface area contributed by atoms with E-state index in [1.54, 1.807) is 6.20 Å². The maximum Gasteiger partial charge on any atom is 0.283 e. The zero-order chi connectivity index (χ0) is 11.4. The fraction of sp³-hybridized carbons (Fsp3) is 0.400. The number of anilines is 1.